The highest BCUT2D eigenvalue weighted by Crippen LogP contribution is 2.15. The van der Waals surface area contributed by atoms with E-state index in [-0.39, 0.29) is 31.1 Å². The lowest BCUT2D eigenvalue weighted by molar-refractivity contribution is -0.167. The average Bonchev–Trinajstić information content (AvgIpc) is 3.05. The fourth-order valence-electron chi connectivity index (χ4n) is 5.92. The third kappa shape index (κ3) is 35.5. The highest BCUT2D eigenvalue weighted by atomic mass is 16.6. The Hall–Kier alpha value is -1.59. The molecule has 0 aromatic rings. The summed E-state index contributed by atoms with van der Waals surface area (Å²) in [6.45, 7) is 8.88. The molecular weight excluding hydrogens is 588 g/mol. The summed E-state index contributed by atoms with van der Waals surface area (Å²) in [5, 5.41) is 0. The van der Waals surface area contributed by atoms with E-state index >= 15 is 0 Å². The number of ether oxygens (including phenoxy) is 3. The van der Waals surface area contributed by atoms with E-state index in [2.05, 4.69) is 27.7 Å². The Labute approximate surface area is 291 Å². The lowest BCUT2D eigenvalue weighted by Crippen LogP contribution is -2.30. The van der Waals surface area contributed by atoms with Crippen LogP contribution in [0.5, 0.6) is 0 Å². The van der Waals surface area contributed by atoms with Crippen molar-refractivity contribution in [1.82, 2.24) is 0 Å². The number of carbonyl (C=O) groups excluding carboxylic acids is 3. The van der Waals surface area contributed by atoms with E-state index in [9.17, 15) is 14.4 Å². The molecule has 6 nitrogen and oxygen atoms in total. The highest BCUT2D eigenvalue weighted by molar-refractivity contribution is 5.71. The van der Waals surface area contributed by atoms with Crippen molar-refractivity contribution in [3.05, 3.63) is 0 Å². The molecule has 0 aromatic heterocycles. The monoisotopic (exact) mass is 667 g/mol. The molecule has 278 valence electrons. The van der Waals surface area contributed by atoms with Gasteiger partial charge in [0, 0.05) is 19.3 Å². The summed E-state index contributed by atoms with van der Waals surface area (Å²) in [5.74, 6) is -0.0437. The standard InChI is InChI=1S/C41H78O6/c1-5-7-9-11-12-17-22-26-30-34-41(44)47-38(35-45-39(42)32-28-23-10-8-6-2)36-46-40(43)33-29-25-21-19-16-14-13-15-18-20-24-27-31-37(3)4/h37-38H,5-36H2,1-4H3/t38-/m1/s1. The predicted octanol–water partition coefficient (Wildman–Crippen LogP) is 12.4. The maximum atomic E-state index is 12.5. The topological polar surface area (TPSA) is 78.9 Å². The van der Waals surface area contributed by atoms with E-state index in [1.807, 2.05) is 0 Å². The second-order valence-electron chi connectivity index (χ2n) is 14.4. The van der Waals surface area contributed by atoms with Crippen LogP contribution in [0.25, 0.3) is 0 Å². The lowest BCUT2D eigenvalue weighted by Gasteiger charge is -2.18. The maximum absolute atomic E-state index is 12.5. The zero-order valence-corrected chi connectivity index (χ0v) is 31.7. The molecular formula is C41H78O6. The minimum Gasteiger partial charge on any atom is -0.462 e. The van der Waals surface area contributed by atoms with Crippen molar-refractivity contribution in [2.24, 2.45) is 5.92 Å². The van der Waals surface area contributed by atoms with E-state index < -0.39 is 6.10 Å². The average molecular weight is 667 g/mol. The Bertz CT molecular complexity index is 706. The zero-order chi connectivity index (χ0) is 34.6. The zero-order valence-electron chi connectivity index (χ0n) is 31.7. The molecule has 0 amide bonds. The number of hydrogen-bond donors (Lipinski definition) is 0. The molecule has 47 heavy (non-hydrogen) atoms. The summed E-state index contributed by atoms with van der Waals surface area (Å²) in [6.07, 6.45) is 32.6. The molecule has 1 atom stereocenters. The largest absolute Gasteiger partial charge is 0.462 e. The molecule has 0 radical (unpaired) electrons. The molecule has 0 aliphatic heterocycles. The van der Waals surface area contributed by atoms with E-state index in [1.165, 1.54) is 109 Å². The first-order chi connectivity index (χ1) is 22.9. The maximum Gasteiger partial charge on any atom is 0.306 e. The molecule has 0 aromatic carbocycles. The summed E-state index contributed by atoms with van der Waals surface area (Å²) in [6, 6.07) is 0. The fraction of sp³-hybridized carbons (Fsp3) is 0.927. The van der Waals surface area contributed by atoms with Gasteiger partial charge in [0.05, 0.1) is 0 Å². The van der Waals surface area contributed by atoms with Gasteiger partial charge in [0.2, 0.25) is 0 Å². The first-order valence-corrected chi connectivity index (χ1v) is 20.4. The molecule has 0 bridgehead atoms. The second-order valence-corrected chi connectivity index (χ2v) is 14.4. The minimum atomic E-state index is -0.755. The van der Waals surface area contributed by atoms with Gasteiger partial charge in [-0.1, -0.05) is 182 Å². The molecule has 0 fully saturated rings. The van der Waals surface area contributed by atoms with Crippen molar-refractivity contribution >= 4 is 17.9 Å². The first-order valence-electron chi connectivity index (χ1n) is 20.4. The number of rotatable bonds is 36. The fourth-order valence-corrected chi connectivity index (χ4v) is 5.92. The summed E-state index contributed by atoms with van der Waals surface area (Å²) in [4.78, 5) is 37.2. The quantitative estimate of drug-likeness (QED) is 0.0376. The van der Waals surface area contributed by atoms with Crippen LogP contribution in [-0.2, 0) is 28.6 Å². The number of carbonyl (C=O) groups is 3. The number of esters is 3. The molecule has 0 unspecified atom stereocenters. The molecule has 6 heteroatoms. The van der Waals surface area contributed by atoms with E-state index in [0.717, 1.165) is 70.1 Å². The van der Waals surface area contributed by atoms with Crippen LogP contribution in [-0.4, -0.2) is 37.2 Å². The van der Waals surface area contributed by atoms with Gasteiger partial charge in [-0.05, 0) is 25.2 Å². The second kappa shape index (κ2) is 35.7. The van der Waals surface area contributed by atoms with Gasteiger partial charge in [-0.25, -0.2) is 0 Å². The van der Waals surface area contributed by atoms with Crippen LogP contribution in [0.4, 0.5) is 0 Å². The predicted molar refractivity (Wildman–Crippen MR) is 196 cm³/mol. The molecule has 0 aliphatic carbocycles. The Morgan fingerprint density at radius 1 is 0.404 bits per heavy atom. The van der Waals surface area contributed by atoms with Gasteiger partial charge in [0.25, 0.3) is 0 Å². The van der Waals surface area contributed by atoms with Gasteiger partial charge in [0.1, 0.15) is 13.2 Å². The molecule has 0 saturated carbocycles. The first kappa shape index (κ1) is 45.4. The van der Waals surface area contributed by atoms with Crippen LogP contribution in [0.1, 0.15) is 220 Å². The van der Waals surface area contributed by atoms with Crippen molar-refractivity contribution < 1.29 is 28.6 Å². The summed E-state index contributed by atoms with van der Waals surface area (Å²) in [7, 11) is 0. The third-order valence-electron chi connectivity index (χ3n) is 9.04. The molecule has 0 N–H and O–H groups in total. The van der Waals surface area contributed by atoms with Gasteiger partial charge in [-0.15, -0.1) is 0 Å². The Balaban J connectivity index is 4.19. The van der Waals surface area contributed by atoms with E-state index in [0.29, 0.717) is 19.3 Å². The Morgan fingerprint density at radius 3 is 1.04 bits per heavy atom. The third-order valence-corrected chi connectivity index (χ3v) is 9.04. The smallest absolute Gasteiger partial charge is 0.306 e. The lowest BCUT2D eigenvalue weighted by atomic mass is 10.0. The van der Waals surface area contributed by atoms with E-state index in [4.69, 9.17) is 14.2 Å². The van der Waals surface area contributed by atoms with Gasteiger partial charge < -0.3 is 14.2 Å². The van der Waals surface area contributed by atoms with Crippen molar-refractivity contribution in [2.75, 3.05) is 13.2 Å². The van der Waals surface area contributed by atoms with Crippen molar-refractivity contribution in [1.29, 1.82) is 0 Å². The minimum absolute atomic E-state index is 0.0656. The normalized spacial score (nSPS) is 11.9. The van der Waals surface area contributed by atoms with Crippen LogP contribution in [0, 0.1) is 5.92 Å². The number of hydrogen-bond acceptors (Lipinski definition) is 6. The van der Waals surface area contributed by atoms with Crippen molar-refractivity contribution in [3.63, 3.8) is 0 Å². The summed E-state index contributed by atoms with van der Waals surface area (Å²) >= 11 is 0. The summed E-state index contributed by atoms with van der Waals surface area (Å²) in [5.41, 5.74) is 0. The molecule has 0 spiro atoms. The van der Waals surface area contributed by atoms with Gasteiger partial charge in [-0.2, -0.15) is 0 Å². The van der Waals surface area contributed by atoms with Crippen LogP contribution in [0.15, 0.2) is 0 Å². The Kier molecular flexibility index (Phi) is 34.5. The van der Waals surface area contributed by atoms with Gasteiger partial charge >= 0.3 is 17.9 Å². The molecule has 0 rings (SSSR count). The molecule has 0 aliphatic rings. The van der Waals surface area contributed by atoms with Crippen molar-refractivity contribution in [3.8, 4) is 0 Å². The molecule has 0 saturated heterocycles. The van der Waals surface area contributed by atoms with Crippen LogP contribution >= 0.6 is 0 Å². The van der Waals surface area contributed by atoms with Crippen molar-refractivity contribution in [2.45, 2.75) is 226 Å². The summed E-state index contributed by atoms with van der Waals surface area (Å²) < 4.78 is 16.5. The van der Waals surface area contributed by atoms with E-state index in [1.54, 1.807) is 0 Å². The van der Waals surface area contributed by atoms with Crippen LogP contribution in [0.2, 0.25) is 0 Å². The van der Waals surface area contributed by atoms with Gasteiger partial charge in [0.15, 0.2) is 6.10 Å². The highest BCUT2D eigenvalue weighted by Gasteiger charge is 2.19. The van der Waals surface area contributed by atoms with Gasteiger partial charge in [-0.3, -0.25) is 14.4 Å². The SMILES string of the molecule is CCCCCCCCCCCC(=O)O[C@H](COC(=O)CCCCCCC)COC(=O)CCCCCCCCCCCCCCC(C)C. The van der Waals surface area contributed by atoms with Crippen LogP contribution in [0.3, 0.4) is 0 Å². The van der Waals surface area contributed by atoms with Crippen LogP contribution < -0.4 is 0 Å². The number of unbranched alkanes of at least 4 members (excludes halogenated alkanes) is 23. The Morgan fingerprint density at radius 2 is 0.702 bits per heavy atom. The molecule has 0 heterocycles.